The average Bonchev–Trinajstić information content (AvgIpc) is 2.42. The van der Waals surface area contributed by atoms with Gasteiger partial charge in [0.05, 0.1) is 4.99 Å². The molecule has 3 nitrogen and oxygen atoms in total. The Balaban J connectivity index is 2.11. The van der Waals surface area contributed by atoms with Crippen LogP contribution in [-0.2, 0) is 6.42 Å². The minimum absolute atomic E-state index is 0.165. The zero-order valence-corrected chi connectivity index (χ0v) is 13.1. The van der Waals surface area contributed by atoms with Crippen LogP contribution in [0, 0.1) is 6.92 Å². The number of amides is 1. The molecule has 1 amide bonds. The minimum Gasteiger partial charge on any atom is -0.393 e. The van der Waals surface area contributed by atoms with E-state index >= 15 is 0 Å². The number of anilines is 1. The van der Waals surface area contributed by atoms with Crippen LogP contribution in [0.15, 0.2) is 42.5 Å². The largest absolute Gasteiger partial charge is 0.393 e. The van der Waals surface area contributed by atoms with E-state index in [0.717, 1.165) is 16.8 Å². The number of halogens is 1. The Kier molecular flexibility index (Phi) is 4.94. The van der Waals surface area contributed by atoms with Crippen molar-refractivity contribution in [2.75, 3.05) is 5.32 Å². The van der Waals surface area contributed by atoms with Gasteiger partial charge in [0.2, 0.25) is 0 Å². The molecule has 2 aromatic carbocycles. The van der Waals surface area contributed by atoms with E-state index in [2.05, 4.69) is 5.32 Å². The van der Waals surface area contributed by atoms with Crippen LogP contribution in [0.1, 0.15) is 21.5 Å². The molecule has 5 heteroatoms. The molecule has 0 aliphatic carbocycles. The van der Waals surface area contributed by atoms with Gasteiger partial charge in [0.15, 0.2) is 0 Å². The molecule has 0 fully saturated rings. The standard InChI is InChI=1S/C16H15ClN2OS/c1-10-8-13(17)6-7-14(10)19-16(20)12-4-2-11(3-5-12)9-15(18)21/h2-8H,9H2,1H3,(H2,18,21)(H,19,20). The van der Waals surface area contributed by atoms with Crippen LogP contribution in [0.4, 0.5) is 5.69 Å². The first-order valence-corrected chi connectivity index (χ1v) is 7.19. The zero-order valence-electron chi connectivity index (χ0n) is 11.5. The van der Waals surface area contributed by atoms with Gasteiger partial charge >= 0.3 is 0 Å². The van der Waals surface area contributed by atoms with Crippen LogP contribution in [0.25, 0.3) is 0 Å². The summed E-state index contributed by atoms with van der Waals surface area (Å²) in [7, 11) is 0. The maximum absolute atomic E-state index is 12.2. The third kappa shape index (κ3) is 4.28. The number of aryl methyl sites for hydroxylation is 1. The summed E-state index contributed by atoms with van der Waals surface area (Å²) in [5.41, 5.74) is 8.73. The number of nitrogens with two attached hydrogens (primary N) is 1. The molecule has 2 aromatic rings. The lowest BCUT2D eigenvalue weighted by Gasteiger charge is -2.09. The molecule has 0 heterocycles. The molecule has 0 unspecified atom stereocenters. The topological polar surface area (TPSA) is 55.1 Å². The second kappa shape index (κ2) is 6.70. The molecule has 0 bridgehead atoms. The number of carbonyl (C=O) groups excluding carboxylic acids is 1. The number of thiocarbonyl (C=S) groups is 1. The zero-order chi connectivity index (χ0) is 15.4. The molecule has 0 spiro atoms. The molecule has 0 radical (unpaired) electrons. The third-order valence-corrected chi connectivity index (χ3v) is 3.41. The molecule has 0 aliphatic heterocycles. The van der Waals surface area contributed by atoms with Gasteiger partial charge in [-0.05, 0) is 48.4 Å². The molecular weight excluding hydrogens is 304 g/mol. The Morgan fingerprint density at radius 1 is 1.24 bits per heavy atom. The molecule has 3 N–H and O–H groups in total. The van der Waals surface area contributed by atoms with Gasteiger partial charge in [-0.25, -0.2) is 0 Å². The third-order valence-electron chi connectivity index (χ3n) is 3.03. The minimum atomic E-state index is -0.165. The highest BCUT2D eigenvalue weighted by molar-refractivity contribution is 7.80. The van der Waals surface area contributed by atoms with Crippen molar-refractivity contribution in [3.8, 4) is 0 Å². The molecule has 0 atom stereocenters. The van der Waals surface area contributed by atoms with Gasteiger partial charge in [-0.2, -0.15) is 0 Å². The van der Waals surface area contributed by atoms with Gasteiger partial charge in [-0.1, -0.05) is 36.0 Å². The van der Waals surface area contributed by atoms with Crippen LogP contribution in [-0.4, -0.2) is 10.9 Å². The maximum atomic E-state index is 12.2. The van der Waals surface area contributed by atoms with Gasteiger partial charge in [0.1, 0.15) is 0 Å². The van der Waals surface area contributed by atoms with Gasteiger partial charge < -0.3 is 11.1 Å². The van der Waals surface area contributed by atoms with Crippen molar-refractivity contribution < 1.29 is 4.79 Å². The Labute approximate surface area is 134 Å². The van der Waals surface area contributed by atoms with Crippen LogP contribution in [0.2, 0.25) is 5.02 Å². The maximum Gasteiger partial charge on any atom is 0.255 e. The molecule has 0 aromatic heterocycles. The molecule has 0 saturated carbocycles. The number of rotatable bonds is 4. The first-order valence-electron chi connectivity index (χ1n) is 6.40. The number of nitrogens with one attached hydrogen (secondary N) is 1. The smallest absolute Gasteiger partial charge is 0.255 e. The summed E-state index contributed by atoms with van der Waals surface area (Å²) in [6.07, 6.45) is 0.535. The van der Waals surface area contributed by atoms with E-state index in [-0.39, 0.29) is 5.91 Å². The molecule has 21 heavy (non-hydrogen) atoms. The monoisotopic (exact) mass is 318 g/mol. The van der Waals surface area contributed by atoms with Gasteiger partial charge in [-0.15, -0.1) is 0 Å². The lowest BCUT2D eigenvalue weighted by molar-refractivity contribution is 0.102. The summed E-state index contributed by atoms with van der Waals surface area (Å²) in [4.78, 5) is 12.6. The molecular formula is C16H15ClN2OS. The summed E-state index contributed by atoms with van der Waals surface area (Å²) in [6, 6.07) is 12.6. The fourth-order valence-electron chi connectivity index (χ4n) is 1.94. The second-order valence-electron chi connectivity index (χ2n) is 4.75. The lowest BCUT2D eigenvalue weighted by Crippen LogP contribution is -2.14. The van der Waals surface area contributed by atoms with Gasteiger partial charge in [0.25, 0.3) is 5.91 Å². The molecule has 108 valence electrons. The predicted molar refractivity (Wildman–Crippen MR) is 91.1 cm³/mol. The highest BCUT2D eigenvalue weighted by Crippen LogP contribution is 2.20. The summed E-state index contributed by atoms with van der Waals surface area (Å²) < 4.78 is 0. The quantitative estimate of drug-likeness (QED) is 0.845. The van der Waals surface area contributed by atoms with E-state index in [1.807, 2.05) is 25.1 Å². The fourth-order valence-corrected chi connectivity index (χ4v) is 2.33. The van der Waals surface area contributed by atoms with E-state index in [1.165, 1.54) is 0 Å². The van der Waals surface area contributed by atoms with Crippen molar-refractivity contribution in [2.24, 2.45) is 5.73 Å². The number of carbonyl (C=O) groups is 1. The molecule has 0 saturated heterocycles. The van der Waals surface area contributed by atoms with Crippen molar-refractivity contribution in [3.63, 3.8) is 0 Å². The van der Waals surface area contributed by atoms with E-state index in [0.29, 0.717) is 22.0 Å². The van der Waals surface area contributed by atoms with Crippen LogP contribution >= 0.6 is 23.8 Å². The van der Waals surface area contributed by atoms with Crippen molar-refractivity contribution in [3.05, 3.63) is 64.2 Å². The van der Waals surface area contributed by atoms with Crippen molar-refractivity contribution in [2.45, 2.75) is 13.3 Å². The molecule has 0 aliphatic rings. The first kappa shape index (κ1) is 15.5. The van der Waals surface area contributed by atoms with E-state index in [4.69, 9.17) is 29.6 Å². The SMILES string of the molecule is Cc1cc(Cl)ccc1NC(=O)c1ccc(CC(N)=S)cc1. The lowest BCUT2D eigenvalue weighted by atomic mass is 10.1. The normalized spacial score (nSPS) is 10.2. The number of hydrogen-bond acceptors (Lipinski definition) is 2. The van der Waals surface area contributed by atoms with Crippen molar-refractivity contribution >= 4 is 40.4 Å². The van der Waals surface area contributed by atoms with Crippen molar-refractivity contribution in [1.29, 1.82) is 0 Å². The average molecular weight is 319 g/mol. The van der Waals surface area contributed by atoms with Crippen molar-refractivity contribution in [1.82, 2.24) is 0 Å². The Hall–Kier alpha value is -1.91. The van der Waals surface area contributed by atoms with Gasteiger partial charge in [-0.3, -0.25) is 4.79 Å². The highest BCUT2D eigenvalue weighted by Gasteiger charge is 2.08. The molecule has 2 rings (SSSR count). The van der Waals surface area contributed by atoms with Gasteiger partial charge in [0, 0.05) is 22.7 Å². The Morgan fingerprint density at radius 3 is 2.48 bits per heavy atom. The second-order valence-corrected chi connectivity index (χ2v) is 5.71. The number of benzene rings is 2. The van der Waals surface area contributed by atoms with E-state index in [1.54, 1.807) is 24.3 Å². The highest BCUT2D eigenvalue weighted by atomic mass is 35.5. The van der Waals surface area contributed by atoms with Crippen LogP contribution < -0.4 is 11.1 Å². The Morgan fingerprint density at radius 2 is 1.90 bits per heavy atom. The summed E-state index contributed by atoms with van der Waals surface area (Å²) in [5, 5.41) is 3.51. The van der Waals surface area contributed by atoms with Crippen LogP contribution in [0.3, 0.4) is 0 Å². The summed E-state index contributed by atoms with van der Waals surface area (Å²) in [6.45, 7) is 1.90. The predicted octanol–water partition coefficient (Wildman–Crippen LogP) is 3.73. The first-order chi connectivity index (χ1) is 9.95. The summed E-state index contributed by atoms with van der Waals surface area (Å²) in [5.74, 6) is -0.165. The van der Waals surface area contributed by atoms with E-state index in [9.17, 15) is 4.79 Å². The van der Waals surface area contributed by atoms with E-state index < -0.39 is 0 Å². The van der Waals surface area contributed by atoms with Crippen LogP contribution in [0.5, 0.6) is 0 Å². The Bertz CT molecular complexity index is 683. The summed E-state index contributed by atoms with van der Waals surface area (Å²) >= 11 is 10.8. The number of hydrogen-bond donors (Lipinski definition) is 2. The fraction of sp³-hybridized carbons (Fsp3) is 0.125.